The Hall–Kier alpha value is -3.38. The van der Waals surface area contributed by atoms with E-state index in [9.17, 15) is 31.5 Å². The van der Waals surface area contributed by atoms with Crippen LogP contribution in [0.4, 0.5) is 13.2 Å². The van der Waals surface area contributed by atoms with Gasteiger partial charge < -0.3 is 19.9 Å². The Labute approximate surface area is 236 Å². The fourth-order valence-corrected chi connectivity index (χ4v) is 5.85. The van der Waals surface area contributed by atoms with E-state index in [0.717, 1.165) is 0 Å². The summed E-state index contributed by atoms with van der Waals surface area (Å²) in [4.78, 5) is 17.6. The Balaban J connectivity index is 1.48. The van der Waals surface area contributed by atoms with Crippen LogP contribution < -0.4 is 14.8 Å². The lowest BCUT2D eigenvalue weighted by atomic mass is 9.82. The third kappa shape index (κ3) is 7.28. The molecule has 2 aromatic carbocycles. The minimum Gasteiger partial charge on any atom is -0.481 e. The number of hydrogen-bond acceptors (Lipinski definition) is 7. The Bertz CT molecular complexity index is 1470. The summed E-state index contributed by atoms with van der Waals surface area (Å²) >= 11 is 0. The highest BCUT2D eigenvalue weighted by Crippen LogP contribution is 2.40. The van der Waals surface area contributed by atoms with Crippen LogP contribution in [0.3, 0.4) is 0 Å². The highest BCUT2D eigenvalue weighted by molar-refractivity contribution is 7.91. The molecule has 1 amide bonds. The van der Waals surface area contributed by atoms with Crippen LogP contribution in [0.25, 0.3) is 10.8 Å². The van der Waals surface area contributed by atoms with E-state index in [1.165, 1.54) is 19.2 Å². The molecular formula is C29H33F3N2O6S. The second kappa shape index (κ2) is 12.6. The van der Waals surface area contributed by atoms with Crippen molar-refractivity contribution in [3.63, 3.8) is 0 Å². The number of ether oxygens (including phenoxy) is 2. The maximum atomic E-state index is 13.1. The van der Waals surface area contributed by atoms with E-state index >= 15 is 0 Å². The number of halogens is 3. The molecule has 12 heteroatoms. The van der Waals surface area contributed by atoms with Crippen molar-refractivity contribution in [3.05, 3.63) is 59.7 Å². The van der Waals surface area contributed by atoms with Gasteiger partial charge in [0.1, 0.15) is 0 Å². The van der Waals surface area contributed by atoms with Gasteiger partial charge in [-0.25, -0.2) is 8.42 Å². The van der Waals surface area contributed by atoms with Crippen LogP contribution in [-0.4, -0.2) is 56.7 Å². The van der Waals surface area contributed by atoms with Crippen LogP contribution in [0.15, 0.2) is 53.4 Å². The zero-order valence-electron chi connectivity index (χ0n) is 22.8. The Morgan fingerprint density at radius 3 is 2.37 bits per heavy atom. The first-order valence-corrected chi connectivity index (χ1v) is 15.0. The molecule has 0 radical (unpaired) electrons. The molecule has 3 aromatic rings. The fraction of sp³-hybridized carbons (Fsp3) is 0.448. The molecule has 1 aromatic heterocycles. The summed E-state index contributed by atoms with van der Waals surface area (Å²) in [5.41, 5.74) is 0.841. The van der Waals surface area contributed by atoms with E-state index in [-0.39, 0.29) is 47.8 Å². The predicted molar refractivity (Wildman–Crippen MR) is 147 cm³/mol. The maximum Gasteiger partial charge on any atom is 0.391 e. The summed E-state index contributed by atoms with van der Waals surface area (Å²) in [5.74, 6) is -1.27. The number of fused-ring (bicyclic) bond motifs is 1. The molecule has 0 saturated heterocycles. The van der Waals surface area contributed by atoms with Crippen LogP contribution in [0.1, 0.15) is 54.6 Å². The van der Waals surface area contributed by atoms with Crippen molar-refractivity contribution in [2.45, 2.75) is 49.7 Å². The number of aliphatic hydroxyl groups excluding tert-OH is 1. The molecule has 222 valence electrons. The minimum absolute atomic E-state index is 0.0201. The number of alkyl halides is 3. The van der Waals surface area contributed by atoms with Gasteiger partial charge in [-0.3, -0.25) is 4.79 Å². The van der Waals surface area contributed by atoms with Crippen molar-refractivity contribution < 1.29 is 41.0 Å². The van der Waals surface area contributed by atoms with E-state index in [4.69, 9.17) is 9.47 Å². The number of nitrogens with one attached hydrogen (secondary N) is 1. The molecule has 1 aliphatic carbocycles. The Morgan fingerprint density at radius 1 is 1.10 bits per heavy atom. The van der Waals surface area contributed by atoms with Gasteiger partial charge in [0.05, 0.1) is 42.9 Å². The van der Waals surface area contributed by atoms with Crippen LogP contribution in [0.5, 0.6) is 11.8 Å². The summed E-state index contributed by atoms with van der Waals surface area (Å²) < 4.78 is 74.4. The van der Waals surface area contributed by atoms with Gasteiger partial charge in [0, 0.05) is 17.0 Å². The lowest BCUT2D eigenvalue weighted by molar-refractivity contribution is -0.184. The van der Waals surface area contributed by atoms with E-state index in [2.05, 4.69) is 10.3 Å². The number of carbonyl (C=O) groups excluding carboxylic acids is 1. The standard InChI is InChI=1S/C29H33F3N2O6S/c1-3-41(37,38)23-11-6-19(7-12-23)25(16-35)33-27(36)20-8-13-24-21(14-20)15-26(39-2)34-28(24)40-17-18-4-9-22(10-5-18)29(30,31)32/h6-8,11-15,18,22,25,35H,3-5,9-10,16-17H2,1-2H3,(H,33,36). The van der Waals surface area contributed by atoms with Crippen LogP contribution in [0.2, 0.25) is 0 Å². The van der Waals surface area contributed by atoms with Gasteiger partial charge in [0.2, 0.25) is 11.8 Å². The number of benzene rings is 2. The lowest BCUT2D eigenvalue weighted by Crippen LogP contribution is -2.30. The number of nitrogens with zero attached hydrogens (tertiary/aromatic N) is 1. The molecule has 1 fully saturated rings. The molecule has 1 saturated carbocycles. The molecule has 0 bridgehead atoms. The smallest absolute Gasteiger partial charge is 0.391 e. The topological polar surface area (TPSA) is 115 Å². The van der Waals surface area contributed by atoms with Gasteiger partial charge in [0.15, 0.2) is 9.84 Å². The fourth-order valence-electron chi connectivity index (χ4n) is 4.96. The first-order valence-electron chi connectivity index (χ1n) is 13.4. The average molecular weight is 595 g/mol. The van der Waals surface area contributed by atoms with Crippen LogP contribution >= 0.6 is 0 Å². The number of amides is 1. The van der Waals surface area contributed by atoms with Gasteiger partial charge in [-0.2, -0.15) is 18.2 Å². The molecule has 4 rings (SSSR count). The van der Waals surface area contributed by atoms with Crippen molar-refractivity contribution in [2.75, 3.05) is 26.1 Å². The Morgan fingerprint density at radius 2 is 1.78 bits per heavy atom. The second-order valence-corrected chi connectivity index (χ2v) is 12.4. The molecule has 41 heavy (non-hydrogen) atoms. The third-order valence-corrected chi connectivity index (χ3v) is 9.27. The number of aromatic nitrogens is 1. The first-order chi connectivity index (χ1) is 19.4. The summed E-state index contributed by atoms with van der Waals surface area (Å²) in [7, 11) is -1.94. The molecule has 8 nitrogen and oxygen atoms in total. The van der Waals surface area contributed by atoms with Gasteiger partial charge in [-0.05, 0) is 72.9 Å². The summed E-state index contributed by atoms with van der Waals surface area (Å²) in [5, 5.41) is 13.9. The summed E-state index contributed by atoms with van der Waals surface area (Å²) in [6.45, 7) is 1.37. The van der Waals surface area contributed by atoms with Crippen molar-refractivity contribution >= 4 is 26.5 Å². The van der Waals surface area contributed by atoms with Gasteiger partial charge >= 0.3 is 6.18 Å². The largest absolute Gasteiger partial charge is 0.481 e. The monoisotopic (exact) mass is 594 g/mol. The predicted octanol–water partition coefficient (Wildman–Crippen LogP) is 5.25. The number of pyridine rings is 1. The number of aliphatic hydroxyl groups is 1. The number of sulfone groups is 1. The normalized spacial score (nSPS) is 18.6. The lowest BCUT2D eigenvalue weighted by Gasteiger charge is -2.29. The maximum absolute atomic E-state index is 13.1. The Kier molecular flexibility index (Phi) is 9.43. The molecule has 1 atom stereocenters. The second-order valence-electron chi connectivity index (χ2n) is 10.2. The van der Waals surface area contributed by atoms with E-state index in [1.807, 2.05) is 0 Å². The van der Waals surface area contributed by atoms with Crippen molar-refractivity contribution in [1.82, 2.24) is 10.3 Å². The molecule has 0 spiro atoms. The van der Waals surface area contributed by atoms with E-state index in [0.29, 0.717) is 34.7 Å². The zero-order chi connectivity index (χ0) is 29.8. The minimum atomic E-state index is -4.17. The highest BCUT2D eigenvalue weighted by atomic mass is 32.2. The van der Waals surface area contributed by atoms with Crippen molar-refractivity contribution in [3.8, 4) is 11.8 Å². The van der Waals surface area contributed by atoms with Gasteiger partial charge in [-0.1, -0.05) is 19.1 Å². The molecule has 0 aliphatic heterocycles. The quantitative estimate of drug-likeness (QED) is 0.330. The average Bonchev–Trinajstić information content (AvgIpc) is 2.97. The van der Waals surface area contributed by atoms with Gasteiger partial charge in [0.25, 0.3) is 5.91 Å². The molecule has 2 N–H and O–H groups in total. The third-order valence-electron chi connectivity index (χ3n) is 7.52. The zero-order valence-corrected chi connectivity index (χ0v) is 23.6. The number of methoxy groups -OCH3 is 1. The highest BCUT2D eigenvalue weighted by Gasteiger charge is 2.41. The summed E-state index contributed by atoms with van der Waals surface area (Å²) in [6, 6.07) is 11.8. The van der Waals surface area contributed by atoms with Crippen molar-refractivity contribution in [2.24, 2.45) is 11.8 Å². The molecule has 1 aliphatic rings. The molecular weight excluding hydrogens is 561 g/mol. The first kappa shape index (κ1) is 30.6. The van der Waals surface area contributed by atoms with Crippen molar-refractivity contribution in [1.29, 1.82) is 0 Å². The van der Waals surface area contributed by atoms with Crippen LogP contribution in [-0.2, 0) is 9.84 Å². The molecule has 1 unspecified atom stereocenters. The SMILES string of the molecule is CCS(=O)(=O)c1ccc(C(CO)NC(=O)c2ccc3c(OCC4CCC(C(F)(F)F)CC4)nc(OC)cc3c2)cc1. The van der Waals surface area contributed by atoms with E-state index in [1.54, 1.807) is 43.3 Å². The van der Waals surface area contributed by atoms with Crippen LogP contribution in [0, 0.1) is 11.8 Å². The summed E-state index contributed by atoms with van der Waals surface area (Å²) in [6.07, 6.45) is -3.17. The number of hydrogen-bond donors (Lipinski definition) is 2. The van der Waals surface area contributed by atoms with Gasteiger partial charge in [-0.15, -0.1) is 0 Å². The molecule has 1 heterocycles. The number of carbonyl (C=O) groups is 1. The number of rotatable bonds is 10. The van der Waals surface area contributed by atoms with E-state index < -0.39 is 40.5 Å².